The van der Waals surface area contributed by atoms with Gasteiger partial charge in [0.15, 0.2) is 11.7 Å². The molecule has 1 saturated carbocycles. The summed E-state index contributed by atoms with van der Waals surface area (Å²) in [5, 5.41) is 7.83. The number of rotatable bonds is 7. The van der Waals surface area contributed by atoms with E-state index in [4.69, 9.17) is 4.74 Å². The summed E-state index contributed by atoms with van der Waals surface area (Å²) in [7, 11) is 1.65. The molecule has 2 aromatic rings. The van der Waals surface area contributed by atoms with Gasteiger partial charge in [-0.2, -0.15) is 13.2 Å². The summed E-state index contributed by atoms with van der Waals surface area (Å²) in [6, 6.07) is 7.92. The van der Waals surface area contributed by atoms with Gasteiger partial charge < -0.3 is 15.4 Å². The molecular weight excluding hydrogens is 528 g/mol. The van der Waals surface area contributed by atoms with Crippen LogP contribution < -0.4 is 15.4 Å². The fourth-order valence-corrected chi connectivity index (χ4v) is 4.00. The molecule has 1 aliphatic carbocycles. The Morgan fingerprint density at radius 1 is 1.23 bits per heavy atom. The van der Waals surface area contributed by atoms with Crippen LogP contribution in [0.4, 0.5) is 13.2 Å². The van der Waals surface area contributed by atoms with E-state index in [1.54, 1.807) is 7.05 Å². The zero-order chi connectivity index (χ0) is 20.7. The molecular formula is C20H26F3IN4OS. The van der Waals surface area contributed by atoms with Crippen LogP contribution in [0.25, 0.3) is 0 Å². The van der Waals surface area contributed by atoms with Crippen LogP contribution >= 0.6 is 35.3 Å². The number of halogens is 4. The zero-order valence-corrected chi connectivity index (χ0v) is 19.8. The number of aliphatic imine (C=N–C) groups is 1. The highest BCUT2D eigenvalue weighted by atomic mass is 127. The van der Waals surface area contributed by atoms with E-state index in [9.17, 15) is 13.2 Å². The summed E-state index contributed by atoms with van der Waals surface area (Å²) in [5.74, 6) is 1.46. The SMILES string of the molecule is CN=C(NCCc1nc(C(F)(F)F)cs1)NCc1ccccc1OC1CCCC1.I. The van der Waals surface area contributed by atoms with Crippen LogP contribution in [0.5, 0.6) is 5.75 Å². The normalized spacial score (nSPS) is 15.0. The van der Waals surface area contributed by atoms with Gasteiger partial charge in [-0.25, -0.2) is 4.98 Å². The largest absolute Gasteiger partial charge is 0.490 e. The standard InChI is InChI=1S/C20H25F3N4OS.HI/c1-24-19(25-11-10-18-27-17(13-29-18)20(21,22)23)26-12-14-6-2-5-9-16(14)28-15-7-3-4-8-15;/h2,5-6,9,13,15H,3-4,7-8,10-12H2,1H3,(H2,24,25,26);1H. The second-order valence-electron chi connectivity index (χ2n) is 6.86. The van der Waals surface area contributed by atoms with Gasteiger partial charge in [0.1, 0.15) is 5.75 Å². The molecule has 2 N–H and O–H groups in total. The minimum absolute atomic E-state index is 0. The van der Waals surface area contributed by atoms with E-state index in [1.165, 1.54) is 12.8 Å². The lowest BCUT2D eigenvalue weighted by molar-refractivity contribution is -0.140. The van der Waals surface area contributed by atoms with Crippen LogP contribution in [0.15, 0.2) is 34.6 Å². The van der Waals surface area contributed by atoms with Crippen molar-refractivity contribution in [3.05, 3.63) is 45.9 Å². The average molecular weight is 554 g/mol. The Balaban J connectivity index is 0.00000320. The third-order valence-electron chi connectivity index (χ3n) is 4.71. The highest BCUT2D eigenvalue weighted by molar-refractivity contribution is 14.0. The lowest BCUT2D eigenvalue weighted by Gasteiger charge is -2.17. The monoisotopic (exact) mass is 554 g/mol. The van der Waals surface area contributed by atoms with Crippen LogP contribution in [-0.2, 0) is 19.1 Å². The summed E-state index contributed by atoms with van der Waals surface area (Å²) in [5.41, 5.74) is 0.205. The summed E-state index contributed by atoms with van der Waals surface area (Å²) in [6.07, 6.45) is 0.899. The van der Waals surface area contributed by atoms with Crippen molar-refractivity contribution in [2.75, 3.05) is 13.6 Å². The number of ether oxygens (including phenoxy) is 1. The van der Waals surface area contributed by atoms with Crippen LogP contribution in [0.2, 0.25) is 0 Å². The number of thiazole rings is 1. The van der Waals surface area contributed by atoms with Gasteiger partial charge in [-0.15, -0.1) is 35.3 Å². The van der Waals surface area contributed by atoms with E-state index >= 15 is 0 Å². The Kier molecular flexibility index (Phi) is 9.66. The number of hydrogen-bond donors (Lipinski definition) is 2. The second kappa shape index (κ2) is 11.7. The van der Waals surface area contributed by atoms with Gasteiger partial charge in [-0.1, -0.05) is 18.2 Å². The molecule has 1 heterocycles. The molecule has 1 aromatic heterocycles. The lowest BCUT2D eigenvalue weighted by atomic mass is 10.2. The first-order chi connectivity index (χ1) is 14.0. The molecule has 1 aromatic carbocycles. The molecule has 0 saturated heterocycles. The maximum absolute atomic E-state index is 12.6. The Morgan fingerprint density at radius 2 is 1.97 bits per heavy atom. The molecule has 0 bridgehead atoms. The number of benzene rings is 1. The van der Waals surface area contributed by atoms with Gasteiger partial charge in [0.2, 0.25) is 0 Å². The van der Waals surface area contributed by atoms with Gasteiger partial charge in [0.05, 0.1) is 11.1 Å². The van der Waals surface area contributed by atoms with E-state index in [0.717, 1.165) is 40.9 Å². The fraction of sp³-hybridized carbons (Fsp3) is 0.500. The highest BCUT2D eigenvalue weighted by Gasteiger charge is 2.33. The molecule has 0 unspecified atom stereocenters. The van der Waals surface area contributed by atoms with Crippen molar-refractivity contribution in [1.82, 2.24) is 15.6 Å². The maximum Gasteiger partial charge on any atom is 0.434 e. The number of aromatic nitrogens is 1. The molecule has 5 nitrogen and oxygen atoms in total. The topological polar surface area (TPSA) is 58.5 Å². The Labute approximate surface area is 195 Å². The summed E-state index contributed by atoms with van der Waals surface area (Å²) in [4.78, 5) is 7.80. The van der Waals surface area contributed by atoms with E-state index in [0.29, 0.717) is 30.5 Å². The first kappa shape index (κ1) is 24.7. The molecule has 1 aliphatic rings. The molecule has 30 heavy (non-hydrogen) atoms. The number of para-hydroxylation sites is 1. The predicted octanol–water partition coefficient (Wildman–Crippen LogP) is 5.01. The smallest absolute Gasteiger partial charge is 0.434 e. The molecule has 166 valence electrons. The molecule has 3 rings (SSSR count). The van der Waals surface area contributed by atoms with Crippen molar-refractivity contribution in [3.63, 3.8) is 0 Å². The Morgan fingerprint density at radius 3 is 2.63 bits per heavy atom. The molecule has 0 amide bonds. The molecule has 10 heteroatoms. The number of hydrogen-bond acceptors (Lipinski definition) is 4. The molecule has 0 atom stereocenters. The fourth-order valence-electron chi connectivity index (χ4n) is 3.19. The second-order valence-corrected chi connectivity index (χ2v) is 7.80. The molecule has 0 radical (unpaired) electrons. The Bertz CT molecular complexity index is 822. The van der Waals surface area contributed by atoms with Gasteiger partial charge in [-0.05, 0) is 31.7 Å². The van der Waals surface area contributed by atoms with Crippen molar-refractivity contribution >= 4 is 41.3 Å². The third-order valence-corrected chi connectivity index (χ3v) is 5.62. The highest BCUT2D eigenvalue weighted by Crippen LogP contribution is 2.30. The van der Waals surface area contributed by atoms with Crippen LogP contribution in [0, 0.1) is 0 Å². The molecule has 1 fully saturated rings. The van der Waals surface area contributed by atoms with Gasteiger partial charge in [0, 0.05) is 37.5 Å². The third kappa shape index (κ3) is 7.29. The van der Waals surface area contributed by atoms with E-state index in [1.807, 2.05) is 24.3 Å². The number of nitrogens with one attached hydrogen (secondary N) is 2. The summed E-state index contributed by atoms with van der Waals surface area (Å²) in [6.45, 7) is 0.975. The molecule has 0 spiro atoms. The van der Waals surface area contributed by atoms with Crippen molar-refractivity contribution in [2.45, 2.75) is 50.9 Å². The Hall–Kier alpha value is -1.56. The van der Waals surface area contributed by atoms with Crippen LogP contribution in [0.1, 0.15) is 41.9 Å². The van der Waals surface area contributed by atoms with E-state index in [2.05, 4.69) is 20.6 Å². The minimum atomic E-state index is -4.40. The summed E-state index contributed by atoms with van der Waals surface area (Å²) < 4.78 is 44.0. The van der Waals surface area contributed by atoms with Crippen molar-refractivity contribution in [2.24, 2.45) is 4.99 Å². The van der Waals surface area contributed by atoms with Crippen LogP contribution in [0.3, 0.4) is 0 Å². The number of guanidine groups is 1. The predicted molar refractivity (Wildman–Crippen MR) is 124 cm³/mol. The van der Waals surface area contributed by atoms with Gasteiger partial charge in [-0.3, -0.25) is 4.99 Å². The van der Waals surface area contributed by atoms with E-state index < -0.39 is 11.9 Å². The minimum Gasteiger partial charge on any atom is -0.490 e. The average Bonchev–Trinajstić information content (AvgIpc) is 3.37. The number of nitrogens with zero attached hydrogens (tertiary/aromatic N) is 2. The van der Waals surface area contributed by atoms with Gasteiger partial charge in [0.25, 0.3) is 0 Å². The first-order valence-corrected chi connectivity index (χ1v) is 10.5. The van der Waals surface area contributed by atoms with E-state index in [-0.39, 0.29) is 30.1 Å². The number of alkyl halides is 3. The summed E-state index contributed by atoms with van der Waals surface area (Å²) >= 11 is 1.01. The molecule has 0 aliphatic heterocycles. The van der Waals surface area contributed by atoms with Crippen molar-refractivity contribution in [3.8, 4) is 5.75 Å². The zero-order valence-electron chi connectivity index (χ0n) is 16.7. The van der Waals surface area contributed by atoms with Crippen molar-refractivity contribution < 1.29 is 17.9 Å². The first-order valence-electron chi connectivity index (χ1n) is 9.66. The van der Waals surface area contributed by atoms with Crippen molar-refractivity contribution in [1.29, 1.82) is 0 Å². The maximum atomic E-state index is 12.6. The lowest BCUT2D eigenvalue weighted by Crippen LogP contribution is -2.38. The van der Waals surface area contributed by atoms with Gasteiger partial charge >= 0.3 is 6.18 Å². The quantitative estimate of drug-likeness (QED) is 0.287. The van der Waals surface area contributed by atoms with Crippen LogP contribution in [-0.4, -0.2) is 30.6 Å².